The zero-order chi connectivity index (χ0) is 47.4. The molecule has 1 aliphatic heterocycles. The van der Waals surface area contributed by atoms with Gasteiger partial charge in [-0.05, 0) is 55.2 Å². The summed E-state index contributed by atoms with van der Waals surface area (Å²) in [5.41, 5.74) is 10.7. The normalized spacial score (nSPS) is 15.7. The fraction of sp³-hybridized carbons (Fsp3) is 0.590. The predicted molar refractivity (Wildman–Crippen MR) is 222 cm³/mol. The second-order valence-corrected chi connectivity index (χ2v) is 15.2. The summed E-state index contributed by atoms with van der Waals surface area (Å²) >= 11 is 0. The molecule has 1 heterocycles. The molecule has 0 radical (unpaired) electrons. The van der Waals surface area contributed by atoms with E-state index in [9.17, 15) is 57.8 Å². The van der Waals surface area contributed by atoms with Gasteiger partial charge in [0.05, 0.1) is 19.6 Å². The highest BCUT2D eigenvalue weighted by Crippen LogP contribution is 2.19. The van der Waals surface area contributed by atoms with Crippen molar-refractivity contribution < 1.29 is 62.9 Å². The Morgan fingerprint density at radius 3 is 2.08 bits per heavy atom. The molecule has 63 heavy (non-hydrogen) atoms. The van der Waals surface area contributed by atoms with Crippen molar-refractivity contribution in [3.8, 4) is 5.75 Å². The molecule has 1 aliphatic rings. The molecule has 14 N–H and O–H groups in total. The largest absolute Gasteiger partial charge is 0.505 e. The topological polar surface area (TPSA) is 366 Å². The number of aliphatic carboxylic acids is 1. The van der Waals surface area contributed by atoms with Gasteiger partial charge >= 0.3 is 5.97 Å². The first-order chi connectivity index (χ1) is 29.7. The Balaban J connectivity index is 2.05. The monoisotopic (exact) mass is 893 g/mol. The number of nitrogens with zero attached hydrogens (tertiary/aromatic N) is 2. The summed E-state index contributed by atoms with van der Waals surface area (Å²) < 4.78 is 14.2. The van der Waals surface area contributed by atoms with Gasteiger partial charge < -0.3 is 68.9 Å². The number of carbonyl (C=O) groups excluding carboxylic acids is 8. The first-order valence-corrected chi connectivity index (χ1v) is 20.4. The van der Waals surface area contributed by atoms with E-state index in [1.807, 2.05) is 0 Å². The Hall–Kier alpha value is -6.59. The van der Waals surface area contributed by atoms with Gasteiger partial charge in [-0.25, -0.2) is 9.18 Å². The van der Waals surface area contributed by atoms with Crippen molar-refractivity contribution in [2.24, 2.45) is 28.3 Å². The van der Waals surface area contributed by atoms with Crippen LogP contribution in [0.15, 0.2) is 23.2 Å². The summed E-state index contributed by atoms with van der Waals surface area (Å²) in [4.78, 5) is 120. The zero-order valence-corrected chi connectivity index (χ0v) is 35.7. The number of carbonyl (C=O) groups is 9. The number of aliphatic imine (C=N–C) groups is 1. The number of amides is 8. The number of aliphatic hydroxyl groups excluding tert-OH is 1. The molecular formula is C39H60FN11O12. The summed E-state index contributed by atoms with van der Waals surface area (Å²) in [6.45, 7) is 4.19. The summed E-state index contributed by atoms with van der Waals surface area (Å²) in [7, 11) is 0. The molecule has 0 aromatic heterocycles. The highest BCUT2D eigenvalue weighted by molar-refractivity contribution is 5.96. The van der Waals surface area contributed by atoms with Crippen LogP contribution in [0.5, 0.6) is 5.75 Å². The van der Waals surface area contributed by atoms with E-state index >= 15 is 0 Å². The van der Waals surface area contributed by atoms with Crippen LogP contribution in [0, 0.1) is 17.7 Å². The molecule has 1 aromatic carbocycles. The number of phenolic OH excluding ortho intramolecular Hbond substituents is 1. The first-order valence-electron chi connectivity index (χ1n) is 20.4. The summed E-state index contributed by atoms with van der Waals surface area (Å²) in [5, 5.41) is 45.2. The fourth-order valence-corrected chi connectivity index (χ4v) is 6.34. The number of nitrogens with two attached hydrogens (primary N) is 2. The van der Waals surface area contributed by atoms with E-state index in [4.69, 9.17) is 16.6 Å². The van der Waals surface area contributed by atoms with Crippen molar-refractivity contribution in [2.45, 2.75) is 96.4 Å². The van der Waals surface area contributed by atoms with Gasteiger partial charge in [0.1, 0.15) is 36.8 Å². The second kappa shape index (κ2) is 26.0. The van der Waals surface area contributed by atoms with Gasteiger partial charge in [0.2, 0.25) is 47.3 Å². The van der Waals surface area contributed by atoms with E-state index in [0.29, 0.717) is 12.8 Å². The molecule has 0 bridgehead atoms. The lowest BCUT2D eigenvalue weighted by Crippen LogP contribution is -2.58. The average Bonchev–Trinajstić information content (AvgIpc) is 3.74. The second-order valence-electron chi connectivity index (χ2n) is 15.2. The van der Waals surface area contributed by atoms with Crippen LogP contribution in [-0.4, -0.2) is 149 Å². The molecule has 1 saturated heterocycles. The molecule has 23 nitrogen and oxygen atoms in total. The van der Waals surface area contributed by atoms with Crippen molar-refractivity contribution in [1.29, 1.82) is 0 Å². The summed E-state index contributed by atoms with van der Waals surface area (Å²) in [6, 6.07) is -2.82. The van der Waals surface area contributed by atoms with Gasteiger partial charge in [0, 0.05) is 19.5 Å². The van der Waals surface area contributed by atoms with Crippen LogP contribution in [0.25, 0.3) is 0 Å². The third-order valence-electron chi connectivity index (χ3n) is 10.0. The van der Waals surface area contributed by atoms with Gasteiger partial charge in [0.15, 0.2) is 17.5 Å². The number of hydrogen-bond acceptors (Lipinski definition) is 12. The van der Waals surface area contributed by atoms with E-state index in [-0.39, 0.29) is 56.2 Å². The van der Waals surface area contributed by atoms with Crippen LogP contribution in [0.1, 0.15) is 65.4 Å². The molecule has 3 unspecified atom stereocenters. The lowest BCUT2D eigenvalue weighted by atomic mass is 9.98. The van der Waals surface area contributed by atoms with Crippen LogP contribution in [0.2, 0.25) is 0 Å². The minimum atomic E-state index is -1.47. The third-order valence-corrected chi connectivity index (χ3v) is 10.0. The van der Waals surface area contributed by atoms with E-state index in [1.165, 1.54) is 11.0 Å². The molecule has 2 rings (SSSR count). The van der Waals surface area contributed by atoms with Crippen LogP contribution in [0.4, 0.5) is 4.39 Å². The number of phenols is 1. The number of aromatic hydroxyl groups is 1. The molecule has 0 aliphatic carbocycles. The number of nitrogens with one attached hydrogen (secondary N) is 7. The molecule has 0 spiro atoms. The number of carboxylic acids is 1. The maximum atomic E-state index is 14.2. The molecule has 24 heteroatoms. The van der Waals surface area contributed by atoms with Crippen LogP contribution < -0.4 is 48.7 Å². The molecule has 1 fully saturated rings. The quantitative estimate of drug-likeness (QED) is 0.0255. The number of halogens is 1. The van der Waals surface area contributed by atoms with Crippen LogP contribution in [0.3, 0.4) is 0 Å². The Labute approximate surface area is 363 Å². The number of rotatable bonds is 25. The maximum absolute atomic E-state index is 14.2. The smallest absolute Gasteiger partial charge is 0.326 e. The number of guanidine groups is 1. The third kappa shape index (κ3) is 17.7. The molecule has 1 aromatic rings. The minimum absolute atomic E-state index is 0.0251. The van der Waals surface area contributed by atoms with Gasteiger partial charge in [-0.3, -0.25) is 43.3 Å². The SMILES string of the molecule is CC[C@@H](C)C(NC(=O)CO)C(=O)NCC(=O)N[C@@H](Cc1ccc(O)c(F)c1)C(=O)NC(C(=O)NCC(=O)NCC(=O)N1CCCC1C(=O)N[C@@H](CCCN=C(N)N)C(=O)O)C(C)C. The average molecular weight is 894 g/mol. The first kappa shape index (κ1) is 52.5. The van der Waals surface area contributed by atoms with Crippen molar-refractivity contribution in [3.63, 3.8) is 0 Å². The summed E-state index contributed by atoms with van der Waals surface area (Å²) in [6.07, 6.45) is 1.10. The maximum Gasteiger partial charge on any atom is 0.326 e. The molecule has 350 valence electrons. The number of hydrogen-bond donors (Lipinski definition) is 12. The van der Waals surface area contributed by atoms with E-state index < -0.39 is 127 Å². The van der Waals surface area contributed by atoms with Crippen LogP contribution >= 0.6 is 0 Å². The van der Waals surface area contributed by atoms with Crippen molar-refractivity contribution in [3.05, 3.63) is 29.6 Å². The van der Waals surface area contributed by atoms with Gasteiger partial charge in [-0.2, -0.15) is 0 Å². The fourth-order valence-electron chi connectivity index (χ4n) is 6.34. The van der Waals surface area contributed by atoms with Crippen LogP contribution in [-0.2, 0) is 49.6 Å². The predicted octanol–water partition coefficient (Wildman–Crippen LogP) is -3.81. The van der Waals surface area contributed by atoms with E-state index in [0.717, 1.165) is 12.1 Å². The number of likely N-dealkylation sites (tertiary alicyclic amines) is 1. The highest BCUT2D eigenvalue weighted by Gasteiger charge is 2.36. The van der Waals surface area contributed by atoms with Crippen molar-refractivity contribution in [1.82, 2.24) is 42.1 Å². The lowest BCUT2D eigenvalue weighted by Gasteiger charge is -2.26. The number of benzene rings is 1. The number of carboxylic acid groups (broad SMARTS) is 1. The van der Waals surface area contributed by atoms with Gasteiger partial charge in [0.25, 0.3) is 0 Å². The van der Waals surface area contributed by atoms with E-state index in [1.54, 1.807) is 27.7 Å². The Morgan fingerprint density at radius 1 is 0.841 bits per heavy atom. The van der Waals surface area contributed by atoms with Crippen molar-refractivity contribution in [2.75, 3.05) is 39.3 Å². The van der Waals surface area contributed by atoms with Gasteiger partial charge in [-0.15, -0.1) is 0 Å². The Morgan fingerprint density at radius 2 is 1.49 bits per heavy atom. The zero-order valence-electron chi connectivity index (χ0n) is 35.7. The Kier molecular flexibility index (Phi) is 21.7. The molecular weight excluding hydrogens is 833 g/mol. The van der Waals surface area contributed by atoms with Crippen molar-refractivity contribution >= 4 is 59.2 Å². The Bertz CT molecular complexity index is 1850. The lowest BCUT2D eigenvalue weighted by molar-refractivity contribution is -0.144. The molecule has 6 atom stereocenters. The number of aliphatic hydroxyl groups is 1. The molecule has 0 saturated carbocycles. The van der Waals surface area contributed by atoms with Gasteiger partial charge in [-0.1, -0.05) is 40.2 Å². The standard InChI is InChI=1S/C39H60FN11O12/c1-5-21(4)33(49-30(56)19-52)37(61)46-17-29(55)47-25(15-22-10-11-27(53)23(40)14-22)34(58)50-32(20(2)3)36(60)45-16-28(54)44-18-31(57)51-13-7-9-26(51)35(59)48-24(38(62)63)8-6-12-43-39(41)42/h10-11,14,20-21,24-26,32-33,52-53H,5-9,12-13,15-19H2,1-4H3,(H,44,54)(H,45,60)(H,46,61)(H,47,55)(H,48,59)(H,49,56)(H,50,58)(H,62,63)(H4,41,42,43)/t21-,24+,25+,26?,32?,33?/m1/s1. The highest BCUT2D eigenvalue weighted by atomic mass is 19.1. The van der Waals surface area contributed by atoms with E-state index in [2.05, 4.69) is 42.2 Å². The molecule has 8 amide bonds. The minimum Gasteiger partial charge on any atom is -0.505 e. The summed E-state index contributed by atoms with van der Waals surface area (Å²) in [5.74, 6) is -10.4.